The van der Waals surface area contributed by atoms with Crippen molar-refractivity contribution >= 4 is 69.8 Å². The Labute approximate surface area is 387 Å². The van der Waals surface area contributed by atoms with E-state index in [4.69, 9.17) is 29.9 Å². The fourth-order valence-electron chi connectivity index (χ4n) is 7.23. The lowest BCUT2D eigenvalue weighted by Crippen LogP contribution is -2.10. The van der Waals surface area contributed by atoms with Crippen LogP contribution in [0.2, 0.25) is 0 Å². The minimum Gasteiger partial charge on any atom is -0.324 e. The molecule has 11 aromatic rings. The number of nitrogens with zero attached hydrogens (tertiary/aromatic N) is 14. The minimum atomic E-state index is 0.286. The molecule has 0 aliphatic rings. The Kier molecular flexibility index (Phi) is 11.0. The number of anilines is 12. The van der Waals surface area contributed by atoms with Gasteiger partial charge in [0.05, 0.1) is 45.5 Å². The quantitative estimate of drug-likeness (QED) is 0.0532. The van der Waals surface area contributed by atoms with Crippen LogP contribution in [-0.2, 0) is 0 Å². The van der Waals surface area contributed by atoms with Crippen molar-refractivity contribution in [2.75, 3.05) is 31.9 Å². The van der Waals surface area contributed by atoms with E-state index in [0.29, 0.717) is 35.2 Å². The third kappa shape index (κ3) is 9.07. The van der Waals surface area contributed by atoms with Crippen molar-refractivity contribution in [2.45, 2.75) is 0 Å². The topological polar surface area (TPSA) is 221 Å². The van der Waals surface area contributed by atoms with Crippen LogP contribution in [0.5, 0.6) is 0 Å². The summed E-state index contributed by atoms with van der Waals surface area (Å²) in [6.45, 7) is 0. The molecule has 0 aliphatic carbocycles. The molecule has 0 radical (unpaired) electrons. The normalized spacial score (nSPS) is 10.9. The first-order valence-corrected chi connectivity index (χ1v) is 21.2. The maximum Gasteiger partial charge on any atom is 0.233 e. The molecule has 6 N–H and O–H groups in total. The molecule has 0 atom stereocenters. The van der Waals surface area contributed by atoms with E-state index in [1.165, 1.54) is 0 Å². The Morgan fingerprint density at radius 2 is 0.485 bits per heavy atom. The Hall–Kier alpha value is -10.2. The van der Waals surface area contributed by atoms with Gasteiger partial charge in [-0.05, 0) is 97.1 Å². The van der Waals surface area contributed by atoms with Gasteiger partial charge in [0.1, 0.15) is 0 Å². The molecule has 0 fully saturated rings. The van der Waals surface area contributed by atoms with E-state index in [9.17, 15) is 0 Å². The molecule has 6 heterocycles. The Morgan fingerprint density at radius 3 is 0.721 bits per heavy atom. The number of benzene rings is 5. The SMILES string of the molecule is c1ccc(-n2cccn2)c(Nc2nc(Nc3ccc(Nc4nc(Nc5ccccc5-n5cccn5)nc(Nc5ccccc5-n5cccn5)n4)cc3)nc(Nc3ccccc3-n3cccn3)n2)c1. The number of para-hydroxylation sites is 8. The van der Waals surface area contributed by atoms with E-state index >= 15 is 0 Å². The van der Waals surface area contributed by atoms with Crippen LogP contribution in [0, 0.1) is 0 Å². The Balaban J connectivity index is 0.886. The van der Waals surface area contributed by atoms with Crippen LogP contribution in [0.15, 0.2) is 195 Å². The zero-order chi connectivity index (χ0) is 45.5. The van der Waals surface area contributed by atoms with E-state index in [0.717, 1.165) is 45.5 Å². The van der Waals surface area contributed by atoms with Crippen LogP contribution in [-0.4, -0.2) is 69.0 Å². The number of rotatable bonds is 16. The van der Waals surface area contributed by atoms with Crippen LogP contribution in [0.4, 0.5) is 69.8 Å². The monoisotopic (exact) mass is 894 g/mol. The van der Waals surface area contributed by atoms with Crippen LogP contribution in [0.1, 0.15) is 0 Å². The second-order valence-corrected chi connectivity index (χ2v) is 14.8. The molecular formula is C48H38N20. The predicted molar refractivity (Wildman–Crippen MR) is 260 cm³/mol. The Morgan fingerprint density at radius 1 is 0.250 bits per heavy atom. The summed E-state index contributed by atoms with van der Waals surface area (Å²) >= 11 is 0. The molecular weight excluding hydrogens is 857 g/mol. The second-order valence-electron chi connectivity index (χ2n) is 14.8. The average molecular weight is 895 g/mol. The van der Waals surface area contributed by atoms with Gasteiger partial charge >= 0.3 is 0 Å². The fraction of sp³-hybridized carbons (Fsp3) is 0. The fourth-order valence-corrected chi connectivity index (χ4v) is 7.23. The van der Waals surface area contributed by atoms with Gasteiger partial charge in [-0.1, -0.05) is 48.5 Å². The third-order valence-electron chi connectivity index (χ3n) is 10.3. The molecule has 330 valence electrons. The van der Waals surface area contributed by atoms with Crippen molar-refractivity contribution in [1.82, 2.24) is 69.0 Å². The van der Waals surface area contributed by atoms with Crippen molar-refractivity contribution in [3.63, 3.8) is 0 Å². The van der Waals surface area contributed by atoms with Gasteiger partial charge in [0.2, 0.25) is 35.7 Å². The standard InChI is InChI=1S/C48H38N20/c1-5-17-39(65-29-9-25-49-65)35(13-1)55-45-59-43(60-46(63-45)56-36-14-2-6-18-40(36)66-30-10-26-50-66)53-33-21-23-34(24-22-33)54-44-61-47(57-37-15-3-7-19-41(37)67-31-11-27-51-67)64-48(62-44)58-38-16-4-8-20-42(38)68-32-12-28-52-68/h1-32H,(H3,53,55,56,59,60,63)(H3,54,57,58,61,62,64). The molecule has 11 rings (SSSR count). The highest BCUT2D eigenvalue weighted by atomic mass is 15.3. The van der Waals surface area contributed by atoms with Crippen molar-refractivity contribution < 1.29 is 0 Å². The van der Waals surface area contributed by atoms with Gasteiger partial charge in [-0.3, -0.25) is 0 Å². The molecule has 0 amide bonds. The highest BCUT2D eigenvalue weighted by Crippen LogP contribution is 2.30. The Bertz CT molecular complexity index is 2980. The van der Waals surface area contributed by atoms with E-state index < -0.39 is 0 Å². The molecule has 20 heteroatoms. The summed E-state index contributed by atoms with van der Waals surface area (Å²) < 4.78 is 7.08. The predicted octanol–water partition coefficient (Wildman–Crippen LogP) is 9.26. The molecule has 0 bridgehead atoms. The largest absolute Gasteiger partial charge is 0.324 e. The molecule has 68 heavy (non-hydrogen) atoms. The highest BCUT2D eigenvalue weighted by Gasteiger charge is 2.16. The van der Waals surface area contributed by atoms with Crippen LogP contribution in [0.3, 0.4) is 0 Å². The first kappa shape index (κ1) is 40.5. The number of hydrogen-bond acceptors (Lipinski definition) is 16. The van der Waals surface area contributed by atoms with Gasteiger partial charge in [-0.15, -0.1) is 0 Å². The van der Waals surface area contributed by atoms with Gasteiger partial charge in [0, 0.05) is 60.9 Å². The highest BCUT2D eigenvalue weighted by molar-refractivity contribution is 5.72. The first-order valence-electron chi connectivity index (χ1n) is 21.2. The van der Waals surface area contributed by atoms with Gasteiger partial charge in [-0.25, -0.2) is 18.7 Å². The zero-order valence-electron chi connectivity index (χ0n) is 35.7. The van der Waals surface area contributed by atoms with Crippen molar-refractivity contribution in [3.8, 4) is 22.7 Å². The molecule has 6 aromatic heterocycles. The van der Waals surface area contributed by atoms with Gasteiger partial charge in [0.25, 0.3) is 0 Å². The summed E-state index contributed by atoms with van der Waals surface area (Å²) in [5, 5.41) is 38.0. The lowest BCUT2D eigenvalue weighted by Gasteiger charge is -2.15. The van der Waals surface area contributed by atoms with Crippen LogP contribution < -0.4 is 31.9 Å². The van der Waals surface area contributed by atoms with E-state index in [2.05, 4.69) is 52.3 Å². The first-order chi connectivity index (χ1) is 33.6. The lowest BCUT2D eigenvalue weighted by molar-refractivity contribution is 0.880. The molecule has 0 unspecified atom stereocenters. The maximum atomic E-state index is 4.78. The van der Waals surface area contributed by atoms with Crippen LogP contribution >= 0.6 is 0 Å². The third-order valence-corrected chi connectivity index (χ3v) is 10.3. The molecule has 0 spiro atoms. The summed E-state index contributed by atoms with van der Waals surface area (Å²) in [6, 6.07) is 46.1. The average Bonchev–Trinajstić information content (AvgIpc) is 4.23. The summed E-state index contributed by atoms with van der Waals surface area (Å²) in [5.74, 6) is 1.75. The summed E-state index contributed by atoms with van der Waals surface area (Å²) in [4.78, 5) is 28.7. The molecule has 20 nitrogen and oxygen atoms in total. The van der Waals surface area contributed by atoms with E-state index in [1.54, 1.807) is 43.5 Å². The number of hydrogen-bond donors (Lipinski definition) is 6. The maximum absolute atomic E-state index is 4.78. The van der Waals surface area contributed by atoms with Crippen LogP contribution in [0.25, 0.3) is 22.7 Å². The van der Waals surface area contributed by atoms with Gasteiger partial charge < -0.3 is 31.9 Å². The van der Waals surface area contributed by atoms with Crippen molar-refractivity contribution in [2.24, 2.45) is 0 Å². The lowest BCUT2D eigenvalue weighted by atomic mass is 10.2. The van der Waals surface area contributed by atoms with Gasteiger partial charge in [0.15, 0.2) is 0 Å². The van der Waals surface area contributed by atoms with Gasteiger partial charge in [-0.2, -0.15) is 50.3 Å². The summed E-state index contributed by atoms with van der Waals surface area (Å²) in [6.07, 6.45) is 14.4. The molecule has 0 aliphatic heterocycles. The summed E-state index contributed by atoms with van der Waals surface area (Å²) in [7, 11) is 0. The van der Waals surface area contributed by atoms with E-state index in [1.807, 2.05) is 170 Å². The molecule has 5 aromatic carbocycles. The number of nitrogens with one attached hydrogen (secondary N) is 6. The second kappa shape index (κ2) is 18.5. The molecule has 0 saturated carbocycles. The summed E-state index contributed by atoms with van der Waals surface area (Å²) in [5.41, 5.74) is 7.64. The van der Waals surface area contributed by atoms with Crippen molar-refractivity contribution in [3.05, 3.63) is 195 Å². The number of aromatic nitrogens is 14. The smallest absolute Gasteiger partial charge is 0.233 e. The molecule has 0 saturated heterocycles. The zero-order valence-corrected chi connectivity index (χ0v) is 35.7. The van der Waals surface area contributed by atoms with Crippen molar-refractivity contribution in [1.29, 1.82) is 0 Å². The minimum absolute atomic E-state index is 0.286. The van der Waals surface area contributed by atoms with E-state index in [-0.39, 0.29) is 11.9 Å².